The minimum absolute atomic E-state index is 0.383. The third-order valence-electron chi connectivity index (χ3n) is 5.09. The van der Waals surface area contributed by atoms with Crippen LogP contribution in [0, 0.1) is 5.92 Å². The molecule has 1 unspecified atom stereocenters. The molecule has 0 aromatic rings. The molecule has 0 spiro atoms. The lowest BCUT2D eigenvalue weighted by atomic mass is 9.67. The lowest BCUT2D eigenvalue weighted by molar-refractivity contribution is -0.0501. The minimum Gasteiger partial charge on any atom is -0.329 e. The summed E-state index contributed by atoms with van der Waals surface area (Å²) in [4.78, 5) is 5.41. The zero-order chi connectivity index (χ0) is 11.2. The van der Waals surface area contributed by atoms with Crippen molar-refractivity contribution in [3.05, 3.63) is 0 Å². The van der Waals surface area contributed by atoms with Crippen molar-refractivity contribution in [2.75, 3.05) is 32.7 Å². The Balaban J connectivity index is 1.67. The van der Waals surface area contributed by atoms with Crippen LogP contribution in [0.1, 0.15) is 32.6 Å². The van der Waals surface area contributed by atoms with Crippen molar-refractivity contribution in [3.63, 3.8) is 0 Å². The largest absolute Gasteiger partial charge is 0.329 e. The maximum Gasteiger partial charge on any atom is 0.0338 e. The van der Waals surface area contributed by atoms with Crippen molar-refractivity contribution in [1.29, 1.82) is 0 Å². The molecule has 2 N–H and O–H groups in total. The van der Waals surface area contributed by atoms with E-state index >= 15 is 0 Å². The van der Waals surface area contributed by atoms with Gasteiger partial charge in [-0.1, -0.05) is 6.92 Å². The molecule has 0 amide bonds. The molecule has 0 bridgehead atoms. The summed E-state index contributed by atoms with van der Waals surface area (Å²) in [6.45, 7) is 8.37. The summed E-state index contributed by atoms with van der Waals surface area (Å²) in [5.74, 6) is 0.894. The Kier molecular flexibility index (Phi) is 2.73. The first-order valence-electron chi connectivity index (χ1n) is 6.93. The highest BCUT2D eigenvalue weighted by Gasteiger charge is 2.47. The Morgan fingerprint density at radius 2 is 2.06 bits per heavy atom. The topological polar surface area (TPSA) is 32.5 Å². The number of nitrogens with two attached hydrogens (primary N) is 1. The number of piperazine rings is 1. The van der Waals surface area contributed by atoms with Crippen LogP contribution in [0.15, 0.2) is 0 Å². The Morgan fingerprint density at radius 1 is 1.25 bits per heavy atom. The first-order chi connectivity index (χ1) is 7.73. The molecule has 3 fully saturated rings. The fraction of sp³-hybridized carbons (Fsp3) is 1.00. The predicted molar refractivity (Wildman–Crippen MR) is 66.4 cm³/mol. The standard InChI is InChI=1S/C13H25N3/c1-11-7-13(8-11,10-14)16-6-5-15-4-2-3-12(15)9-16/h11-12H,2-10,14H2,1H3. The summed E-state index contributed by atoms with van der Waals surface area (Å²) in [6, 6.07) is 0.841. The van der Waals surface area contributed by atoms with Gasteiger partial charge >= 0.3 is 0 Å². The summed E-state index contributed by atoms with van der Waals surface area (Å²) < 4.78 is 0. The van der Waals surface area contributed by atoms with Crippen LogP contribution >= 0.6 is 0 Å². The maximum atomic E-state index is 6.04. The summed E-state index contributed by atoms with van der Waals surface area (Å²) in [7, 11) is 0. The molecule has 2 saturated heterocycles. The highest BCUT2D eigenvalue weighted by molar-refractivity contribution is 5.05. The quantitative estimate of drug-likeness (QED) is 0.755. The van der Waals surface area contributed by atoms with Crippen LogP contribution in [0.5, 0.6) is 0 Å². The van der Waals surface area contributed by atoms with Gasteiger partial charge in [0.2, 0.25) is 0 Å². The number of rotatable bonds is 2. The van der Waals surface area contributed by atoms with Gasteiger partial charge in [0.1, 0.15) is 0 Å². The number of hydrogen-bond acceptors (Lipinski definition) is 3. The summed E-state index contributed by atoms with van der Waals surface area (Å²) in [5.41, 5.74) is 6.43. The van der Waals surface area contributed by atoms with E-state index in [1.807, 2.05) is 0 Å². The maximum absolute atomic E-state index is 6.04. The zero-order valence-corrected chi connectivity index (χ0v) is 10.5. The first kappa shape index (κ1) is 11.0. The van der Waals surface area contributed by atoms with E-state index in [9.17, 15) is 0 Å². The molecular formula is C13H25N3. The van der Waals surface area contributed by atoms with Gasteiger partial charge in [-0.3, -0.25) is 9.80 Å². The second-order valence-electron chi connectivity index (χ2n) is 6.22. The molecule has 92 valence electrons. The Morgan fingerprint density at radius 3 is 2.75 bits per heavy atom. The normalized spacial score (nSPS) is 45.4. The smallest absolute Gasteiger partial charge is 0.0338 e. The van der Waals surface area contributed by atoms with Crippen LogP contribution in [0.25, 0.3) is 0 Å². The molecule has 0 aromatic heterocycles. The number of nitrogens with zero attached hydrogens (tertiary/aromatic N) is 2. The van der Waals surface area contributed by atoms with E-state index in [1.54, 1.807) is 0 Å². The number of hydrogen-bond donors (Lipinski definition) is 1. The fourth-order valence-corrected chi connectivity index (χ4v) is 4.21. The fourth-order valence-electron chi connectivity index (χ4n) is 4.21. The van der Waals surface area contributed by atoms with Crippen LogP contribution in [0.2, 0.25) is 0 Å². The molecule has 3 heteroatoms. The van der Waals surface area contributed by atoms with Crippen LogP contribution < -0.4 is 5.73 Å². The Bertz CT molecular complexity index is 260. The average Bonchev–Trinajstić information content (AvgIpc) is 2.71. The van der Waals surface area contributed by atoms with Crippen LogP contribution in [0.4, 0.5) is 0 Å². The van der Waals surface area contributed by atoms with E-state index in [1.165, 1.54) is 51.9 Å². The van der Waals surface area contributed by atoms with E-state index in [0.29, 0.717) is 5.54 Å². The second-order valence-corrected chi connectivity index (χ2v) is 6.22. The van der Waals surface area contributed by atoms with Gasteiger partial charge in [0.25, 0.3) is 0 Å². The molecule has 16 heavy (non-hydrogen) atoms. The van der Waals surface area contributed by atoms with E-state index in [0.717, 1.165) is 18.5 Å². The molecule has 3 rings (SSSR count). The van der Waals surface area contributed by atoms with E-state index in [2.05, 4.69) is 16.7 Å². The monoisotopic (exact) mass is 223 g/mol. The molecule has 0 radical (unpaired) electrons. The molecular weight excluding hydrogens is 198 g/mol. The molecule has 1 aliphatic carbocycles. The highest BCUT2D eigenvalue weighted by Crippen LogP contribution is 2.42. The van der Waals surface area contributed by atoms with Gasteiger partial charge in [0.15, 0.2) is 0 Å². The van der Waals surface area contributed by atoms with E-state index < -0.39 is 0 Å². The highest BCUT2D eigenvalue weighted by atomic mass is 15.3. The van der Waals surface area contributed by atoms with Crippen molar-refractivity contribution in [2.45, 2.75) is 44.2 Å². The molecule has 3 aliphatic rings. The summed E-state index contributed by atoms with van der Waals surface area (Å²) >= 11 is 0. The van der Waals surface area contributed by atoms with Gasteiger partial charge in [-0.25, -0.2) is 0 Å². The summed E-state index contributed by atoms with van der Waals surface area (Å²) in [6.07, 6.45) is 5.48. The second kappa shape index (κ2) is 3.97. The minimum atomic E-state index is 0.383. The van der Waals surface area contributed by atoms with Crippen molar-refractivity contribution in [1.82, 2.24) is 9.80 Å². The third kappa shape index (κ3) is 1.60. The van der Waals surface area contributed by atoms with Crippen LogP contribution in [-0.2, 0) is 0 Å². The first-order valence-corrected chi connectivity index (χ1v) is 6.93. The van der Waals surface area contributed by atoms with Crippen molar-refractivity contribution in [3.8, 4) is 0 Å². The van der Waals surface area contributed by atoms with Gasteiger partial charge in [-0.15, -0.1) is 0 Å². The lowest BCUT2D eigenvalue weighted by Gasteiger charge is -2.56. The van der Waals surface area contributed by atoms with Crippen molar-refractivity contribution >= 4 is 0 Å². The Labute approximate surface area is 99.0 Å². The van der Waals surface area contributed by atoms with Crippen molar-refractivity contribution in [2.24, 2.45) is 11.7 Å². The SMILES string of the molecule is CC1CC(CN)(N2CCN3CCCC3C2)C1. The lowest BCUT2D eigenvalue weighted by Crippen LogP contribution is -2.66. The van der Waals surface area contributed by atoms with E-state index in [4.69, 9.17) is 5.73 Å². The zero-order valence-electron chi connectivity index (χ0n) is 10.5. The molecule has 0 aromatic carbocycles. The molecule has 2 aliphatic heterocycles. The summed E-state index contributed by atoms with van der Waals surface area (Å²) in [5, 5.41) is 0. The van der Waals surface area contributed by atoms with Crippen LogP contribution in [0.3, 0.4) is 0 Å². The molecule has 1 atom stereocenters. The predicted octanol–water partition coefficient (Wildman–Crippen LogP) is 0.894. The van der Waals surface area contributed by atoms with Gasteiger partial charge in [0, 0.05) is 37.8 Å². The Hall–Kier alpha value is -0.120. The average molecular weight is 223 g/mol. The van der Waals surface area contributed by atoms with Crippen molar-refractivity contribution < 1.29 is 0 Å². The van der Waals surface area contributed by atoms with Gasteiger partial charge in [0.05, 0.1) is 0 Å². The van der Waals surface area contributed by atoms with Gasteiger partial charge in [-0.2, -0.15) is 0 Å². The number of fused-ring (bicyclic) bond motifs is 1. The van der Waals surface area contributed by atoms with E-state index in [-0.39, 0.29) is 0 Å². The third-order valence-corrected chi connectivity index (χ3v) is 5.09. The van der Waals surface area contributed by atoms with Gasteiger partial charge in [-0.05, 0) is 38.1 Å². The van der Waals surface area contributed by atoms with Gasteiger partial charge < -0.3 is 5.73 Å². The molecule has 2 heterocycles. The molecule has 3 nitrogen and oxygen atoms in total. The molecule has 1 saturated carbocycles. The van der Waals surface area contributed by atoms with Crippen LogP contribution in [-0.4, -0.2) is 54.1 Å².